The van der Waals surface area contributed by atoms with Gasteiger partial charge in [-0.05, 0) is 35.4 Å². The minimum absolute atomic E-state index is 0.0758. The summed E-state index contributed by atoms with van der Waals surface area (Å²) in [6, 6.07) is 22.2. The van der Waals surface area contributed by atoms with E-state index in [1.807, 2.05) is 43.4 Å². The number of nitrogens with zero attached hydrogens (tertiary/aromatic N) is 1. The van der Waals surface area contributed by atoms with Gasteiger partial charge in [-0.2, -0.15) is 0 Å². The molecule has 0 aliphatic carbocycles. The van der Waals surface area contributed by atoms with Crippen LogP contribution >= 0.6 is 0 Å². The first-order valence-electron chi connectivity index (χ1n) is 10.2. The predicted molar refractivity (Wildman–Crippen MR) is 121 cm³/mol. The van der Waals surface area contributed by atoms with Crippen molar-refractivity contribution < 1.29 is 13.9 Å². The van der Waals surface area contributed by atoms with Crippen LogP contribution in [-0.2, 0) is 18.4 Å². The van der Waals surface area contributed by atoms with Crippen LogP contribution in [0.25, 0.3) is 10.9 Å². The molecule has 1 atom stereocenters. The van der Waals surface area contributed by atoms with E-state index in [9.17, 15) is 9.18 Å². The van der Waals surface area contributed by atoms with Gasteiger partial charge >= 0.3 is 0 Å². The molecule has 4 rings (SSSR count). The molecule has 5 heteroatoms. The number of hydrogen-bond acceptors (Lipinski definition) is 2. The first-order chi connectivity index (χ1) is 15.1. The number of ether oxygens (including phenoxy) is 1. The molecule has 3 aromatic carbocycles. The van der Waals surface area contributed by atoms with Crippen molar-refractivity contribution >= 4 is 16.8 Å². The lowest BCUT2D eigenvalue weighted by atomic mass is 9.87. The highest BCUT2D eigenvalue weighted by Gasteiger charge is 2.24. The fraction of sp³-hybridized carbons (Fsp3) is 0.192. The average molecular weight is 416 g/mol. The number of halogens is 1. The van der Waals surface area contributed by atoms with Gasteiger partial charge in [-0.3, -0.25) is 4.79 Å². The Morgan fingerprint density at radius 1 is 1.00 bits per heavy atom. The fourth-order valence-corrected chi connectivity index (χ4v) is 4.05. The van der Waals surface area contributed by atoms with E-state index in [4.69, 9.17) is 4.74 Å². The molecule has 0 aliphatic rings. The zero-order valence-electron chi connectivity index (χ0n) is 17.6. The van der Waals surface area contributed by atoms with Crippen LogP contribution in [0.1, 0.15) is 29.0 Å². The monoisotopic (exact) mass is 416 g/mol. The predicted octanol–water partition coefficient (Wildman–Crippen LogP) is 5.16. The summed E-state index contributed by atoms with van der Waals surface area (Å²) >= 11 is 0. The molecule has 0 aliphatic heterocycles. The molecule has 0 radical (unpaired) electrons. The number of methoxy groups -OCH3 is 1. The molecule has 0 saturated heterocycles. The van der Waals surface area contributed by atoms with Gasteiger partial charge in [0.1, 0.15) is 11.6 Å². The summed E-state index contributed by atoms with van der Waals surface area (Å²) in [7, 11) is 3.66. The van der Waals surface area contributed by atoms with Crippen LogP contribution in [0.2, 0.25) is 0 Å². The average Bonchev–Trinajstić information content (AvgIpc) is 3.13. The second-order valence-electron chi connectivity index (χ2n) is 7.61. The quantitative estimate of drug-likeness (QED) is 0.452. The van der Waals surface area contributed by atoms with Crippen LogP contribution in [0.5, 0.6) is 5.75 Å². The molecule has 0 bridgehead atoms. The van der Waals surface area contributed by atoms with Crippen LogP contribution in [0.3, 0.4) is 0 Å². The minimum Gasteiger partial charge on any atom is -0.496 e. The number of amides is 1. The third-order valence-electron chi connectivity index (χ3n) is 5.61. The number of carbonyl (C=O) groups is 1. The second-order valence-corrected chi connectivity index (χ2v) is 7.61. The van der Waals surface area contributed by atoms with Crippen LogP contribution in [0.4, 0.5) is 4.39 Å². The van der Waals surface area contributed by atoms with Crippen molar-refractivity contribution in [3.05, 3.63) is 102 Å². The van der Waals surface area contributed by atoms with Crippen molar-refractivity contribution in [2.75, 3.05) is 7.11 Å². The Kier molecular flexibility index (Phi) is 6.03. The highest BCUT2D eigenvalue weighted by Crippen LogP contribution is 2.38. The fourth-order valence-electron chi connectivity index (χ4n) is 4.05. The van der Waals surface area contributed by atoms with Crippen molar-refractivity contribution in [3.8, 4) is 5.75 Å². The number of aromatic nitrogens is 1. The number of hydrogen-bond donors (Lipinski definition) is 1. The number of fused-ring (bicyclic) bond motifs is 1. The summed E-state index contributed by atoms with van der Waals surface area (Å²) in [4.78, 5) is 13.0. The Bertz CT molecular complexity index is 1200. The van der Waals surface area contributed by atoms with Crippen LogP contribution in [0, 0.1) is 5.82 Å². The normalized spacial score (nSPS) is 12.0. The molecule has 4 nitrogen and oxygen atoms in total. The Morgan fingerprint density at radius 2 is 1.71 bits per heavy atom. The molecule has 1 unspecified atom stereocenters. The molecular weight excluding hydrogens is 391 g/mol. The van der Waals surface area contributed by atoms with E-state index < -0.39 is 0 Å². The number of carbonyl (C=O) groups excluding carboxylic acids is 1. The molecule has 31 heavy (non-hydrogen) atoms. The van der Waals surface area contributed by atoms with Crippen LogP contribution < -0.4 is 10.1 Å². The smallest absolute Gasteiger partial charge is 0.221 e. The third kappa shape index (κ3) is 4.45. The zero-order valence-corrected chi connectivity index (χ0v) is 17.6. The topological polar surface area (TPSA) is 43.3 Å². The number of rotatable bonds is 7. The van der Waals surface area contributed by atoms with Crippen LogP contribution in [0.15, 0.2) is 79.0 Å². The van der Waals surface area contributed by atoms with E-state index in [2.05, 4.69) is 28.2 Å². The van der Waals surface area contributed by atoms with Gasteiger partial charge < -0.3 is 14.6 Å². The summed E-state index contributed by atoms with van der Waals surface area (Å²) in [5.41, 5.74) is 4.02. The van der Waals surface area contributed by atoms with Gasteiger partial charge in [-0.1, -0.05) is 48.5 Å². The van der Waals surface area contributed by atoms with Crippen molar-refractivity contribution in [3.63, 3.8) is 0 Å². The summed E-state index contributed by atoms with van der Waals surface area (Å²) in [5.74, 6) is 0.220. The third-order valence-corrected chi connectivity index (χ3v) is 5.61. The largest absolute Gasteiger partial charge is 0.496 e. The molecule has 1 aromatic heterocycles. The molecule has 0 saturated carbocycles. The number of aryl methyl sites for hydroxylation is 1. The van der Waals surface area contributed by atoms with E-state index >= 15 is 0 Å². The van der Waals surface area contributed by atoms with Crippen molar-refractivity contribution in [1.82, 2.24) is 9.88 Å². The minimum atomic E-state index is -0.290. The lowest BCUT2D eigenvalue weighted by Gasteiger charge is -2.20. The lowest BCUT2D eigenvalue weighted by molar-refractivity contribution is -0.121. The van der Waals surface area contributed by atoms with Gasteiger partial charge in [0, 0.05) is 48.6 Å². The Hall–Kier alpha value is -3.60. The van der Waals surface area contributed by atoms with E-state index in [1.54, 1.807) is 19.2 Å². The first kappa shape index (κ1) is 20.7. The molecule has 1 amide bonds. The number of nitrogens with one attached hydrogen (secondary N) is 1. The maximum atomic E-state index is 13.1. The molecule has 1 heterocycles. The van der Waals surface area contributed by atoms with E-state index in [1.165, 1.54) is 12.1 Å². The molecule has 158 valence electrons. The molecular formula is C26H25FN2O2. The molecule has 1 N–H and O–H groups in total. The van der Waals surface area contributed by atoms with Crippen molar-refractivity contribution in [1.29, 1.82) is 0 Å². The van der Waals surface area contributed by atoms with E-state index in [0.717, 1.165) is 33.3 Å². The molecule has 0 spiro atoms. The molecule has 4 aromatic rings. The summed E-state index contributed by atoms with van der Waals surface area (Å²) in [5, 5.41) is 4.09. The summed E-state index contributed by atoms with van der Waals surface area (Å²) < 4.78 is 20.8. The van der Waals surface area contributed by atoms with Gasteiger partial charge in [0.15, 0.2) is 0 Å². The number of para-hydroxylation sites is 2. The van der Waals surface area contributed by atoms with Gasteiger partial charge in [0.05, 0.1) is 7.11 Å². The van der Waals surface area contributed by atoms with E-state index in [-0.39, 0.29) is 24.1 Å². The van der Waals surface area contributed by atoms with Crippen molar-refractivity contribution in [2.24, 2.45) is 7.05 Å². The Balaban J connectivity index is 1.65. The standard InChI is InChI=1S/C26H25FN2O2/c1-29-17-23(20-7-3-5-9-24(20)29)22(21-8-4-6-10-25(21)31-2)15-26(30)28-16-18-11-13-19(27)14-12-18/h3-14,17,22H,15-16H2,1-2H3,(H,28,30). The van der Waals surface area contributed by atoms with E-state index in [0.29, 0.717) is 6.54 Å². The van der Waals surface area contributed by atoms with Gasteiger partial charge in [0.2, 0.25) is 5.91 Å². The highest BCUT2D eigenvalue weighted by atomic mass is 19.1. The SMILES string of the molecule is COc1ccccc1C(CC(=O)NCc1ccc(F)cc1)c1cn(C)c2ccccc12. The summed E-state index contributed by atoms with van der Waals surface area (Å²) in [6.45, 7) is 0.354. The lowest BCUT2D eigenvalue weighted by Crippen LogP contribution is -2.25. The maximum absolute atomic E-state index is 13.1. The Labute approximate surface area is 181 Å². The van der Waals surface area contributed by atoms with Gasteiger partial charge in [-0.25, -0.2) is 4.39 Å². The number of benzene rings is 3. The first-order valence-corrected chi connectivity index (χ1v) is 10.2. The highest BCUT2D eigenvalue weighted by molar-refractivity contribution is 5.86. The van der Waals surface area contributed by atoms with Gasteiger partial charge in [0.25, 0.3) is 0 Å². The maximum Gasteiger partial charge on any atom is 0.221 e. The summed E-state index contributed by atoms with van der Waals surface area (Å²) in [6.07, 6.45) is 2.37. The Morgan fingerprint density at radius 3 is 2.48 bits per heavy atom. The van der Waals surface area contributed by atoms with Crippen LogP contribution in [-0.4, -0.2) is 17.6 Å². The molecule has 0 fully saturated rings. The zero-order chi connectivity index (χ0) is 21.8. The second kappa shape index (κ2) is 9.04. The van der Waals surface area contributed by atoms with Gasteiger partial charge in [-0.15, -0.1) is 0 Å². The van der Waals surface area contributed by atoms with Crippen molar-refractivity contribution in [2.45, 2.75) is 18.9 Å².